The molecule has 1 saturated carbocycles. The molecule has 38 heavy (non-hydrogen) atoms. The number of aliphatic hydroxyl groups excluding tert-OH is 4. The Morgan fingerprint density at radius 3 is 1.45 bits per heavy atom. The van der Waals surface area contributed by atoms with Crippen LogP contribution in [-0.2, 0) is 38.1 Å². The minimum atomic E-state index is -1.95. The molecule has 1 aliphatic rings. The second-order valence-corrected chi connectivity index (χ2v) is 8.72. The molecule has 7 atom stereocenters. The zero-order valence-corrected chi connectivity index (χ0v) is 22.4. The van der Waals surface area contributed by atoms with Crippen LogP contribution in [0.3, 0.4) is 0 Å². The van der Waals surface area contributed by atoms with E-state index in [4.69, 9.17) is 18.9 Å². The van der Waals surface area contributed by atoms with Crippen molar-refractivity contribution in [2.45, 2.75) is 84.6 Å². The van der Waals surface area contributed by atoms with Gasteiger partial charge >= 0.3 is 23.9 Å². The Labute approximate surface area is 221 Å². The first kappa shape index (κ1) is 33.0. The Bertz CT molecular complexity index is 950. The molecule has 0 aromatic rings. The molecule has 0 spiro atoms. The zero-order valence-electron chi connectivity index (χ0n) is 22.4. The highest BCUT2D eigenvalue weighted by Crippen LogP contribution is 2.32. The number of ether oxygens (including phenoxy) is 4. The van der Waals surface area contributed by atoms with E-state index >= 15 is 0 Å². The predicted octanol–water partition coefficient (Wildman–Crippen LogP) is 0.259. The van der Waals surface area contributed by atoms with E-state index in [2.05, 4.69) is 0 Å². The Hall–Kier alpha value is -3.06. The van der Waals surface area contributed by atoms with E-state index in [9.17, 15) is 39.6 Å². The number of aliphatic hydroxyl groups is 4. The number of allylic oxidation sites excluding steroid dienone is 3. The lowest BCUT2D eigenvalue weighted by Crippen LogP contribution is -2.67. The molecule has 0 radical (unpaired) electrons. The SMILES string of the molecule is C/C=C(\C)C(=O)O[C@@H]1[C@H](O)[C@@H](O)[C@@H](OC(=O)C(C)CC)[C@H](OC(=O)/C(=C/C)CO)[C@H]1OC(=O)/C(=C/C)CO. The largest absolute Gasteiger partial charge is 0.455 e. The van der Waals surface area contributed by atoms with Gasteiger partial charge in [0.15, 0.2) is 24.4 Å². The molecule has 0 heterocycles. The van der Waals surface area contributed by atoms with Crippen LogP contribution < -0.4 is 0 Å². The summed E-state index contributed by atoms with van der Waals surface area (Å²) in [6.07, 6.45) is -6.72. The Morgan fingerprint density at radius 2 is 1.11 bits per heavy atom. The van der Waals surface area contributed by atoms with Gasteiger partial charge in [0.2, 0.25) is 0 Å². The van der Waals surface area contributed by atoms with Crippen molar-refractivity contribution in [3.63, 3.8) is 0 Å². The highest BCUT2D eigenvalue weighted by atomic mass is 16.6. The molecule has 0 aliphatic heterocycles. The van der Waals surface area contributed by atoms with Gasteiger partial charge in [-0.2, -0.15) is 0 Å². The van der Waals surface area contributed by atoms with Crippen LogP contribution in [0.1, 0.15) is 48.0 Å². The van der Waals surface area contributed by atoms with Crippen molar-refractivity contribution >= 4 is 23.9 Å². The standard InChI is InChI=1S/C26H38O12/c1-7-13(5)23(31)35-19-17(29)18(30)20(36-24(32)14(6)8-2)22(38-26(34)16(10-4)12-28)21(19)37-25(33)15(9-3)11-27/h7,9-10,14,17-22,27-30H,8,11-12H2,1-6H3/b13-7+,15-9+,16-10+/t14?,17-,18-,19-,20-,21+,22+/m1/s1. The van der Waals surface area contributed by atoms with Crippen LogP contribution in [0.2, 0.25) is 0 Å². The molecule has 1 unspecified atom stereocenters. The van der Waals surface area contributed by atoms with Gasteiger partial charge < -0.3 is 39.4 Å². The third-order valence-electron chi connectivity index (χ3n) is 6.31. The van der Waals surface area contributed by atoms with Gasteiger partial charge in [0.1, 0.15) is 12.2 Å². The summed E-state index contributed by atoms with van der Waals surface area (Å²) >= 11 is 0. The summed E-state index contributed by atoms with van der Waals surface area (Å²) in [6.45, 7) is 7.71. The first-order valence-corrected chi connectivity index (χ1v) is 12.3. The predicted molar refractivity (Wildman–Crippen MR) is 132 cm³/mol. The van der Waals surface area contributed by atoms with Crippen molar-refractivity contribution in [1.82, 2.24) is 0 Å². The molecule has 4 N–H and O–H groups in total. The zero-order chi connectivity index (χ0) is 29.2. The normalized spacial score (nSPS) is 27.3. The monoisotopic (exact) mass is 542 g/mol. The molecule has 0 aromatic heterocycles. The lowest BCUT2D eigenvalue weighted by Gasteiger charge is -2.45. The van der Waals surface area contributed by atoms with Gasteiger partial charge in [-0.05, 0) is 34.1 Å². The average Bonchev–Trinajstić information content (AvgIpc) is 2.91. The number of hydrogen-bond donors (Lipinski definition) is 4. The van der Waals surface area contributed by atoms with Crippen molar-refractivity contribution < 1.29 is 58.6 Å². The van der Waals surface area contributed by atoms with Gasteiger partial charge in [0.25, 0.3) is 0 Å². The van der Waals surface area contributed by atoms with Crippen LogP contribution in [-0.4, -0.2) is 94.1 Å². The highest BCUT2D eigenvalue weighted by molar-refractivity contribution is 5.90. The van der Waals surface area contributed by atoms with Crippen molar-refractivity contribution in [1.29, 1.82) is 0 Å². The molecule has 0 saturated heterocycles. The van der Waals surface area contributed by atoms with E-state index in [1.165, 1.54) is 39.0 Å². The maximum Gasteiger partial charge on any atom is 0.336 e. The Balaban J connectivity index is 3.70. The van der Waals surface area contributed by atoms with Gasteiger partial charge in [-0.3, -0.25) is 4.79 Å². The fraction of sp³-hybridized carbons (Fsp3) is 0.615. The van der Waals surface area contributed by atoms with Crippen LogP contribution in [0.4, 0.5) is 0 Å². The van der Waals surface area contributed by atoms with Gasteiger partial charge in [0, 0.05) is 5.57 Å². The summed E-state index contributed by atoms with van der Waals surface area (Å²) in [5.74, 6) is -4.57. The lowest BCUT2D eigenvalue weighted by atomic mass is 9.84. The number of carbonyl (C=O) groups is 4. The molecule has 12 heteroatoms. The van der Waals surface area contributed by atoms with Crippen LogP contribution in [0.25, 0.3) is 0 Å². The van der Waals surface area contributed by atoms with Gasteiger partial charge in [-0.25, -0.2) is 14.4 Å². The summed E-state index contributed by atoms with van der Waals surface area (Å²) in [5.41, 5.74) is -0.287. The summed E-state index contributed by atoms with van der Waals surface area (Å²) < 4.78 is 21.7. The topological polar surface area (TPSA) is 186 Å². The molecule has 0 amide bonds. The van der Waals surface area contributed by atoms with Crippen molar-refractivity contribution in [2.75, 3.05) is 13.2 Å². The number of esters is 4. The molecule has 1 rings (SSSR count). The molecule has 1 aliphatic carbocycles. The minimum absolute atomic E-state index is 0.122. The van der Waals surface area contributed by atoms with E-state index in [0.29, 0.717) is 6.42 Å². The average molecular weight is 543 g/mol. The first-order chi connectivity index (χ1) is 17.9. The summed E-state index contributed by atoms with van der Waals surface area (Å²) in [7, 11) is 0. The fourth-order valence-corrected chi connectivity index (χ4v) is 3.39. The molecule has 214 valence electrons. The summed E-state index contributed by atoms with van der Waals surface area (Å²) in [4.78, 5) is 50.8. The van der Waals surface area contributed by atoms with Gasteiger partial charge in [-0.15, -0.1) is 0 Å². The van der Waals surface area contributed by atoms with Crippen molar-refractivity contribution in [3.05, 3.63) is 34.9 Å². The number of carbonyl (C=O) groups excluding carboxylic acids is 4. The molecular formula is C26H38O12. The molecule has 0 aromatic carbocycles. The summed E-state index contributed by atoms with van der Waals surface area (Å²) in [6, 6.07) is 0. The van der Waals surface area contributed by atoms with Crippen molar-refractivity contribution in [2.24, 2.45) is 5.92 Å². The number of hydrogen-bond acceptors (Lipinski definition) is 12. The van der Waals surface area contributed by atoms with E-state index < -0.39 is 79.6 Å². The third kappa shape index (κ3) is 7.97. The van der Waals surface area contributed by atoms with Crippen LogP contribution in [0.5, 0.6) is 0 Å². The third-order valence-corrected chi connectivity index (χ3v) is 6.31. The van der Waals surface area contributed by atoms with E-state index in [-0.39, 0.29) is 16.7 Å². The van der Waals surface area contributed by atoms with E-state index in [0.717, 1.165) is 0 Å². The van der Waals surface area contributed by atoms with E-state index in [1.807, 2.05) is 0 Å². The summed E-state index contributed by atoms with van der Waals surface area (Å²) in [5, 5.41) is 40.9. The maximum absolute atomic E-state index is 12.8. The molecular weight excluding hydrogens is 504 g/mol. The second kappa shape index (κ2) is 15.4. The molecule has 1 fully saturated rings. The van der Waals surface area contributed by atoms with Crippen molar-refractivity contribution in [3.8, 4) is 0 Å². The first-order valence-electron chi connectivity index (χ1n) is 12.3. The fourth-order valence-electron chi connectivity index (χ4n) is 3.39. The Morgan fingerprint density at radius 1 is 0.711 bits per heavy atom. The molecule has 0 bridgehead atoms. The quantitative estimate of drug-likeness (QED) is 0.159. The molecule has 12 nitrogen and oxygen atoms in total. The highest BCUT2D eigenvalue weighted by Gasteiger charge is 2.57. The number of rotatable bonds is 11. The smallest absolute Gasteiger partial charge is 0.336 e. The lowest BCUT2D eigenvalue weighted by molar-refractivity contribution is -0.251. The van der Waals surface area contributed by atoms with Crippen LogP contribution in [0, 0.1) is 5.92 Å². The second-order valence-electron chi connectivity index (χ2n) is 8.72. The minimum Gasteiger partial charge on any atom is -0.455 e. The van der Waals surface area contributed by atoms with Gasteiger partial charge in [0.05, 0.1) is 30.3 Å². The Kier molecular flexibility index (Phi) is 13.3. The maximum atomic E-state index is 12.8. The van der Waals surface area contributed by atoms with Crippen LogP contribution in [0.15, 0.2) is 34.9 Å². The van der Waals surface area contributed by atoms with Crippen LogP contribution >= 0.6 is 0 Å². The van der Waals surface area contributed by atoms with Gasteiger partial charge in [-0.1, -0.05) is 32.1 Å². The van der Waals surface area contributed by atoms with E-state index in [1.54, 1.807) is 20.8 Å².